The minimum Gasteiger partial charge on any atom is -0.396 e. The van der Waals surface area contributed by atoms with Crippen LogP contribution in [0.25, 0.3) is 0 Å². The van der Waals surface area contributed by atoms with Gasteiger partial charge in [-0.25, -0.2) is 8.42 Å². The third-order valence-electron chi connectivity index (χ3n) is 4.14. The maximum absolute atomic E-state index is 12.7. The van der Waals surface area contributed by atoms with Crippen LogP contribution in [-0.2, 0) is 17.1 Å². The predicted molar refractivity (Wildman–Crippen MR) is 76.0 cm³/mol. The number of aliphatic hydroxyl groups excluding tert-OH is 1. The lowest BCUT2D eigenvalue weighted by Gasteiger charge is -2.40. The van der Waals surface area contributed by atoms with Gasteiger partial charge >= 0.3 is 0 Å². The van der Waals surface area contributed by atoms with E-state index < -0.39 is 10.0 Å². The molecule has 1 unspecified atom stereocenters. The van der Waals surface area contributed by atoms with Gasteiger partial charge in [-0.2, -0.15) is 9.40 Å². The first-order chi connectivity index (χ1) is 9.36. The molecule has 1 saturated heterocycles. The van der Waals surface area contributed by atoms with Crippen LogP contribution < -0.4 is 0 Å². The van der Waals surface area contributed by atoms with Crippen LogP contribution in [0.4, 0.5) is 0 Å². The lowest BCUT2D eigenvalue weighted by Crippen LogP contribution is -2.47. The van der Waals surface area contributed by atoms with Crippen molar-refractivity contribution in [3.05, 3.63) is 11.2 Å². The summed E-state index contributed by atoms with van der Waals surface area (Å²) in [5.74, 6) is 0. The van der Waals surface area contributed by atoms with Gasteiger partial charge in [0.2, 0.25) is 0 Å². The van der Waals surface area contributed by atoms with E-state index in [-0.39, 0.29) is 22.1 Å². The Labute approximate surface area is 124 Å². The molecule has 0 aromatic carbocycles. The third-order valence-corrected chi connectivity index (χ3v) is 6.49. The van der Waals surface area contributed by atoms with Crippen LogP contribution in [0, 0.1) is 5.41 Å². The molecule has 0 aliphatic carbocycles. The highest BCUT2D eigenvalue weighted by molar-refractivity contribution is 7.89. The average molecular weight is 322 g/mol. The SMILES string of the molecule is CCC1(CO)CCCN(S(=O)(=O)c2c(Cl)cnn2C)C1. The maximum atomic E-state index is 12.7. The number of hydrogen-bond donors (Lipinski definition) is 1. The van der Waals surface area contributed by atoms with Gasteiger partial charge in [-0.15, -0.1) is 0 Å². The van der Waals surface area contributed by atoms with Gasteiger partial charge in [-0.3, -0.25) is 4.68 Å². The summed E-state index contributed by atoms with van der Waals surface area (Å²) in [4.78, 5) is 0. The van der Waals surface area contributed by atoms with Crippen LogP contribution in [-0.4, -0.2) is 47.3 Å². The van der Waals surface area contributed by atoms with Crippen LogP contribution in [0.15, 0.2) is 11.2 Å². The number of aliphatic hydroxyl groups is 1. The Kier molecular flexibility index (Phi) is 4.44. The summed E-state index contributed by atoms with van der Waals surface area (Å²) in [6.45, 7) is 2.74. The Morgan fingerprint density at radius 3 is 2.75 bits per heavy atom. The molecule has 0 saturated carbocycles. The summed E-state index contributed by atoms with van der Waals surface area (Å²) in [5.41, 5.74) is -0.351. The van der Waals surface area contributed by atoms with E-state index in [9.17, 15) is 13.5 Å². The highest BCUT2D eigenvalue weighted by Gasteiger charge is 2.40. The van der Waals surface area contributed by atoms with E-state index in [2.05, 4.69) is 5.10 Å². The minimum absolute atomic E-state index is 0.00532. The van der Waals surface area contributed by atoms with Crippen molar-refractivity contribution in [1.82, 2.24) is 14.1 Å². The fourth-order valence-corrected chi connectivity index (χ4v) is 4.91. The molecule has 1 atom stereocenters. The number of halogens is 1. The van der Waals surface area contributed by atoms with E-state index >= 15 is 0 Å². The number of hydrogen-bond acceptors (Lipinski definition) is 4. The molecule has 1 aromatic heterocycles. The summed E-state index contributed by atoms with van der Waals surface area (Å²) < 4.78 is 28.1. The second-order valence-electron chi connectivity index (χ2n) is 5.38. The first-order valence-corrected chi connectivity index (χ1v) is 8.46. The zero-order valence-electron chi connectivity index (χ0n) is 11.7. The van der Waals surface area contributed by atoms with Crippen molar-refractivity contribution in [3.8, 4) is 0 Å². The fourth-order valence-electron chi connectivity index (χ4n) is 2.71. The van der Waals surface area contributed by atoms with Gasteiger partial charge < -0.3 is 5.11 Å². The molecule has 1 N–H and O–H groups in total. The van der Waals surface area contributed by atoms with E-state index in [0.29, 0.717) is 13.1 Å². The van der Waals surface area contributed by atoms with Crippen LogP contribution in [0.3, 0.4) is 0 Å². The molecule has 0 spiro atoms. The van der Waals surface area contributed by atoms with Crippen LogP contribution in [0.1, 0.15) is 26.2 Å². The van der Waals surface area contributed by atoms with E-state index in [0.717, 1.165) is 19.3 Å². The van der Waals surface area contributed by atoms with Crippen molar-refractivity contribution in [3.63, 3.8) is 0 Å². The Hall–Kier alpha value is -0.630. The summed E-state index contributed by atoms with van der Waals surface area (Å²) >= 11 is 5.95. The van der Waals surface area contributed by atoms with Gasteiger partial charge in [0.25, 0.3) is 10.0 Å². The second kappa shape index (κ2) is 5.63. The molecule has 1 aliphatic rings. The molecule has 1 aromatic rings. The smallest absolute Gasteiger partial charge is 0.261 e. The fraction of sp³-hybridized carbons (Fsp3) is 0.750. The minimum atomic E-state index is -3.68. The number of aromatic nitrogens is 2. The molecule has 1 aliphatic heterocycles. The highest BCUT2D eigenvalue weighted by atomic mass is 35.5. The summed E-state index contributed by atoms with van der Waals surface area (Å²) in [6.07, 6.45) is 3.65. The van der Waals surface area contributed by atoms with Gasteiger partial charge in [0, 0.05) is 32.2 Å². The second-order valence-corrected chi connectivity index (χ2v) is 7.64. The molecule has 20 heavy (non-hydrogen) atoms. The van der Waals surface area contributed by atoms with E-state index in [1.54, 1.807) is 7.05 Å². The zero-order valence-corrected chi connectivity index (χ0v) is 13.3. The lowest BCUT2D eigenvalue weighted by molar-refractivity contribution is 0.0607. The number of aryl methyl sites for hydroxylation is 1. The molecule has 6 nitrogen and oxygen atoms in total. The predicted octanol–water partition coefficient (Wildman–Crippen LogP) is 1.25. The summed E-state index contributed by atoms with van der Waals surface area (Å²) in [6, 6.07) is 0. The normalized spacial score (nSPS) is 25.0. The molecular weight excluding hydrogens is 302 g/mol. The molecule has 114 valence electrons. The van der Waals surface area contributed by atoms with Gasteiger partial charge in [-0.1, -0.05) is 18.5 Å². The Balaban J connectivity index is 2.35. The average Bonchev–Trinajstić information content (AvgIpc) is 2.78. The van der Waals surface area contributed by atoms with E-state index in [1.165, 1.54) is 15.2 Å². The van der Waals surface area contributed by atoms with Crippen molar-refractivity contribution < 1.29 is 13.5 Å². The van der Waals surface area contributed by atoms with Gasteiger partial charge in [-0.05, 0) is 19.3 Å². The zero-order chi connectivity index (χ0) is 15.0. The summed E-state index contributed by atoms with van der Waals surface area (Å²) in [7, 11) is -2.12. The molecule has 1 fully saturated rings. The molecular formula is C12H20ClN3O3S. The van der Waals surface area contributed by atoms with Crippen LogP contribution in [0.2, 0.25) is 5.02 Å². The van der Waals surface area contributed by atoms with Crippen molar-refractivity contribution in [2.75, 3.05) is 19.7 Å². The molecule has 0 bridgehead atoms. The van der Waals surface area contributed by atoms with Gasteiger partial charge in [0.05, 0.1) is 11.2 Å². The first-order valence-electron chi connectivity index (χ1n) is 6.65. The molecule has 0 amide bonds. The highest BCUT2D eigenvalue weighted by Crippen LogP contribution is 2.36. The van der Waals surface area contributed by atoms with E-state index in [1.807, 2.05) is 6.92 Å². The van der Waals surface area contributed by atoms with E-state index in [4.69, 9.17) is 11.6 Å². The number of nitrogens with zero attached hydrogens (tertiary/aromatic N) is 3. The Bertz CT molecular complexity index is 561. The molecule has 2 rings (SSSR count). The van der Waals surface area contributed by atoms with Crippen molar-refractivity contribution >= 4 is 21.6 Å². The number of sulfonamides is 1. The van der Waals surface area contributed by atoms with Crippen LogP contribution >= 0.6 is 11.6 Å². The van der Waals surface area contributed by atoms with Crippen LogP contribution in [0.5, 0.6) is 0 Å². The third kappa shape index (κ3) is 2.59. The van der Waals surface area contributed by atoms with Crippen molar-refractivity contribution in [1.29, 1.82) is 0 Å². The molecule has 2 heterocycles. The number of rotatable bonds is 4. The summed E-state index contributed by atoms with van der Waals surface area (Å²) in [5, 5.41) is 13.6. The topological polar surface area (TPSA) is 75.4 Å². The molecule has 8 heteroatoms. The largest absolute Gasteiger partial charge is 0.396 e. The Morgan fingerprint density at radius 2 is 2.25 bits per heavy atom. The standard InChI is InChI=1S/C12H20ClN3O3S/c1-3-12(9-17)5-4-6-16(8-12)20(18,19)11-10(13)7-14-15(11)2/h7,17H,3-6,8-9H2,1-2H3. The Morgan fingerprint density at radius 1 is 1.55 bits per heavy atom. The van der Waals surface area contributed by atoms with Crippen molar-refractivity contribution in [2.24, 2.45) is 12.5 Å². The van der Waals surface area contributed by atoms with Gasteiger partial charge in [0.1, 0.15) is 0 Å². The first kappa shape index (κ1) is 15.8. The molecule has 0 radical (unpaired) electrons. The quantitative estimate of drug-likeness (QED) is 0.905. The monoisotopic (exact) mass is 321 g/mol. The van der Waals surface area contributed by atoms with Gasteiger partial charge in [0.15, 0.2) is 5.03 Å². The lowest BCUT2D eigenvalue weighted by atomic mass is 9.79. The maximum Gasteiger partial charge on any atom is 0.261 e. The van der Waals surface area contributed by atoms with Crippen molar-refractivity contribution in [2.45, 2.75) is 31.2 Å². The number of piperidine rings is 1.